The molecule has 0 aromatic heterocycles. The van der Waals surface area contributed by atoms with Crippen LogP contribution in [0.3, 0.4) is 0 Å². The lowest BCUT2D eigenvalue weighted by Gasteiger charge is -2.38. The molecule has 2 aliphatic rings. The average Bonchev–Trinajstić information content (AvgIpc) is 2.73. The van der Waals surface area contributed by atoms with Crippen LogP contribution in [0.25, 0.3) is 0 Å². The highest BCUT2D eigenvalue weighted by Gasteiger charge is 2.32. The van der Waals surface area contributed by atoms with Gasteiger partial charge in [0.05, 0.1) is 7.11 Å². The van der Waals surface area contributed by atoms with E-state index >= 15 is 0 Å². The molecule has 1 unspecified atom stereocenters. The van der Waals surface area contributed by atoms with E-state index in [4.69, 9.17) is 4.74 Å². The highest BCUT2D eigenvalue weighted by atomic mass is 16.5. The standard InChI is InChI=1S/C21H32N4O3/c1-23(2)21(27)24-13-10-16(11-14-24)20(26)25-12-4-5-18(15-25)22-17-6-8-19(28-3)9-7-17/h6-9,16,18,22H,4-5,10-15H2,1-3H3. The van der Waals surface area contributed by atoms with Gasteiger partial charge < -0.3 is 24.8 Å². The van der Waals surface area contributed by atoms with E-state index in [1.54, 1.807) is 26.1 Å². The third-order valence-electron chi connectivity index (χ3n) is 5.69. The van der Waals surface area contributed by atoms with E-state index in [0.717, 1.165) is 50.2 Å². The van der Waals surface area contributed by atoms with Crippen molar-refractivity contribution in [1.29, 1.82) is 0 Å². The van der Waals surface area contributed by atoms with Gasteiger partial charge in [0.2, 0.25) is 5.91 Å². The Labute approximate surface area is 167 Å². The maximum Gasteiger partial charge on any atom is 0.319 e. The monoisotopic (exact) mass is 388 g/mol. The third-order valence-corrected chi connectivity index (χ3v) is 5.69. The maximum atomic E-state index is 13.0. The van der Waals surface area contributed by atoms with Gasteiger partial charge in [-0.3, -0.25) is 4.79 Å². The van der Waals surface area contributed by atoms with E-state index in [1.807, 2.05) is 34.1 Å². The number of urea groups is 1. The van der Waals surface area contributed by atoms with Gasteiger partial charge in [0.1, 0.15) is 5.75 Å². The lowest BCUT2D eigenvalue weighted by molar-refractivity contribution is -0.138. The van der Waals surface area contributed by atoms with Crippen LogP contribution in [0.1, 0.15) is 25.7 Å². The molecule has 0 aliphatic carbocycles. The number of methoxy groups -OCH3 is 1. The van der Waals surface area contributed by atoms with Crippen LogP contribution in [0.4, 0.5) is 10.5 Å². The minimum Gasteiger partial charge on any atom is -0.497 e. The number of carbonyl (C=O) groups is 2. The second kappa shape index (κ2) is 9.17. The average molecular weight is 389 g/mol. The number of nitrogens with one attached hydrogen (secondary N) is 1. The summed E-state index contributed by atoms with van der Waals surface area (Å²) in [5, 5.41) is 3.55. The first-order chi connectivity index (χ1) is 13.5. The van der Waals surface area contributed by atoms with Gasteiger partial charge in [0, 0.05) is 57.9 Å². The zero-order valence-electron chi connectivity index (χ0n) is 17.2. The number of piperidine rings is 2. The summed E-state index contributed by atoms with van der Waals surface area (Å²) >= 11 is 0. The van der Waals surface area contributed by atoms with Crippen LogP contribution in [0, 0.1) is 5.92 Å². The third kappa shape index (κ3) is 4.88. The molecule has 2 aliphatic heterocycles. The van der Waals surface area contributed by atoms with Crippen LogP contribution < -0.4 is 10.1 Å². The number of ether oxygens (including phenoxy) is 1. The molecule has 0 saturated carbocycles. The minimum atomic E-state index is 0.0333. The number of likely N-dealkylation sites (tertiary alicyclic amines) is 2. The van der Waals surface area contributed by atoms with Crippen LogP contribution in [0.5, 0.6) is 5.75 Å². The Morgan fingerprint density at radius 3 is 2.32 bits per heavy atom. The molecular formula is C21H32N4O3. The molecule has 28 heavy (non-hydrogen) atoms. The first-order valence-corrected chi connectivity index (χ1v) is 10.1. The molecule has 0 bridgehead atoms. The van der Waals surface area contributed by atoms with Crippen LogP contribution in [0.2, 0.25) is 0 Å². The van der Waals surface area contributed by atoms with Gasteiger partial charge in [-0.1, -0.05) is 0 Å². The Balaban J connectivity index is 1.51. The van der Waals surface area contributed by atoms with Crippen molar-refractivity contribution in [3.63, 3.8) is 0 Å². The quantitative estimate of drug-likeness (QED) is 0.861. The van der Waals surface area contributed by atoms with E-state index < -0.39 is 0 Å². The summed E-state index contributed by atoms with van der Waals surface area (Å²) in [5.41, 5.74) is 1.05. The van der Waals surface area contributed by atoms with Crippen molar-refractivity contribution in [3.8, 4) is 5.75 Å². The molecule has 3 amide bonds. The molecule has 1 N–H and O–H groups in total. The number of benzene rings is 1. The van der Waals surface area contributed by atoms with Crippen molar-refractivity contribution in [2.45, 2.75) is 31.7 Å². The van der Waals surface area contributed by atoms with Crippen LogP contribution in [-0.2, 0) is 4.79 Å². The number of hydrogen-bond acceptors (Lipinski definition) is 4. The molecule has 1 aromatic rings. The zero-order chi connectivity index (χ0) is 20.1. The number of rotatable bonds is 4. The summed E-state index contributed by atoms with van der Waals surface area (Å²) in [5.74, 6) is 1.12. The highest BCUT2D eigenvalue weighted by molar-refractivity contribution is 5.80. The Kier molecular flexibility index (Phi) is 6.65. The summed E-state index contributed by atoms with van der Waals surface area (Å²) in [6.45, 7) is 2.89. The Morgan fingerprint density at radius 2 is 1.71 bits per heavy atom. The predicted octanol–water partition coefficient (Wildman–Crippen LogP) is 2.49. The van der Waals surface area contributed by atoms with E-state index in [1.165, 1.54) is 0 Å². The first-order valence-electron chi connectivity index (χ1n) is 10.1. The lowest BCUT2D eigenvalue weighted by Crippen LogP contribution is -2.50. The zero-order valence-corrected chi connectivity index (χ0v) is 17.2. The maximum absolute atomic E-state index is 13.0. The van der Waals surface area contributed by atoms with Crippen molar-refractivity contribution in [2.24, 2.45) is 5.92 Å². The van der Waals surface area contributed by atoms with E-state index in [-0.39, 0.29) is 23.9 Å². The Morgan fingerprint density at radius 1 is 1.04 bits per heavy atom. The normalized spacial score (nSPS) is 20.6. The summed E-state index contributed by atoms with van der Waals surface area (Å²) in [4.78, 5) is 30.5. The molecular weight excluding hydrogens is 356 g/mol. The molecule has 0 radical (unpaired) electrons. The fraction of sp³-hybridized carbons (Fsp3) is 0.619. The van der Waals surface area contributed by atoms with Crippen LogP contribution in [-0.4, -0.2) is 80.1 Å². The summed E-state index contributed by atoms with van der Waals surface area (Å²) in [7, 11) is 5.19. The van der Waals surface area contributed by atoms with E-state index in [9.17, 15) is 9.59 Å². The highest BCUT2D eigenvalue weighted by Crippen LogP contribution is 2.24. The Hall–Kier alpha value is -2.44. The van der Waals surface area contributed by atoms with Gasteiger partial charge in [-0.05, 0) is 49.9 Å². The minimum absolute atomic E-state index is 0.0333. The second-order valence-electron chi connectivity index (χ2n) is 7.93. The van der Waals surface area contributed by atoms with Crippen LogP contribution >= 0.6 is 0 Å². The van der Waals surface area contributed by atoms with E-state index in [2.05, 4.69) is 5.32 Å². The molecule has 1 atom stereocenters. The first kappa shape index (κ1) is 20.3. The summed E-state index contributed by atoms with van der Waals surface area (Å²) in [6, 6.07) is 8.20. The van der Waals surface area contributed by atoms with Crippen molar-refractivity contribution in [3.05, 3.63) is 24.3 Å². The van der Waals surface area contributed by atoms with Gasteiger partial charge in [0.15, 0.2) is 0 Å². The van der Waals surface area contributed by atoms with Crippen molar-refractivity contribution < 1.29 is 14.3 Å². The number of nitrogens with zero attached hydrogens (tertiary/aromatic N) is 3. The fourth-order valence-corrected chi connectivity index (χ4v) is 4.08. The molecule has 1 aromatic carbocycles. The fourth-order valence-electron chi connectivity index (χ4n) is 4.08. The van der Waals surface area contributed by atoms with Gasteiger partial charge in [0.25, 0.3) is 0 Å². The summed E-state index contributed by atoms with van der Waals surface area (Å²) in [6.07, 6.45) is 3.58. The van der Waals surface area contributed by atoms with Gasteiger partial charge in [-0.15, -0.1) is 0 Å². The van der Waals surface area contributed by atoms with E-state index in [0.29, 0.717) is 13.1 Å². The molecule has 2 heterocycles. The summed E-state index contributed by atoms with van der Waals surface area (Å²) < 4.78 is 5.20. The second-order valence-corrected chi connectivity index (χ2v) is 7.93. The molecule has 154 valence electrons. The van der Waals surface area contributed by atoms with Crippen molar-refractivity contribution >= 4 is 17.6 Å². The smallest absolute Gasteiger partial charge is 0.319 e. The number of carbonyl (C=O) groups excluding carboxylic acids is 2. The SMILES string of the molecule is COc1ccc(NC2CCCN(C(=O)C3CCN(C(=O)N(C)C)CC3)C2)cc1. The van der Waals surface area contributed by atoms with Crippen molar-refractivity contribution in [1.82, 2.24) is 14.7 Å². The molecule has 7 nitrogen and oxygen atoms in total. The molecule has 7 heteroatoms. The molecule has 3 rings (SSSR count). The predicted molar refractivity (Wildman–Crippen MR) is 110 cm³/mol. The van der Waals surface area contributed by atoms with Gasteiger partial charge in [-0.25, -0.2) is 4.79 Å². The lowest BCUT2D eigenvalue weighted by atomic mass is 9.94. The molecule has 2 fully saturated rings. The van der Waals surface area contributed by atoms with Gasteiger partial charge in [-0.2, -0.15) is 0 Å². The number of amides is 3. The van der Waals surface area contributed by atoms with Gasteiger partial charge >= 0.3 is 6.03 Å². The topological polar surface area (TPSA) is 65.1 Å². The Bertz CT molecular complexity index is 669. The molecule has 0 spiro atoms. The number of anilines is 1. The largest absolute Gasteiger partial charge is 0.497 e. The van der Waals surface area contributed by atoms with Crippen molar-refractivity contribution in [2.75, 3.05) is 52.7 Å². The molecule has 2 saturated heterocycles. The van der Waals surface area contributed by atoms with Crippen LogP contribution in [0.15, 0.2) is 24.3 Å². The number of hydrogen-bond donors (Lipinski definition) is 1.